The van der Waals surface area contributed by atoms with E-state index in [4.69, 9.17) is 4.42 Å². The maximum atomic E-state index is 11.6. The summed E-state index contributed by atoms with van der Waals surface area (Å²) in [6.07, 6.45) is 1.75. The van der Waals surface area contributed by atoms with Gasteiger partial charge in [0.15, 0.2) is 0 Å². The van der Waals surface area contributed by atoms with Gasteiger partial charge in [-0.25, -0.2) is 0 Å². The van der Waals surface area contributed by atoms with Crippen LogP contribution >= 0.6 is 0 Å². The Balaban J connectivity index is 1.83. The van der Waals surface area contributed by atoms with E-state index in [-0.39, 0.29) is 11.8 Å². The molecule has 1 aliphatic rings. The van der Waals surface area contributed by atoms with Crippen LogP contribution in [-0.4, -0.2) is 23.9 Å². The Bertz CT molecular complexity index is 1000. The quantitative estimate of drug-likeness (QED) is 0.677. The van der Waals surface area contributed by atoms with Crippen molar-refractivity contribution >= 4 is 16.9 Å². The van der Waals surface area contributed by atoms with Crippen LogP contribution in [0.2, 0.25) is 0 Å². The van der Waals surface area contributed by atoms with Crippen LogP contribution in [0.15, 0.2) is 52.9 Å². The number of rotatable bonds is 2. The van der Waals surface area contributed by atoms with Crippen molar-refractivity contribution in [2.45, 2.75) is 25.7 Å². The normalized spacial score (nSPS) is 15.2. The van der Waals surface area contributed by atoms with Crippen LogP contribution in [0, 0.1) is 11.3 Å². The van der Waals surface area contributed by atoms with Crippen LogP contribution < -0.4 is 0 Å². The van der Waals surface area contributed by atoms with E-state index in [9.17, 15) is 10.1 Å². The van der Waals surface area contributed by atoms with Crippen molar-refractivity contribution in [3.63, 3.8) is 0 Å². The molecule has 1 aliphatic heterocycles. The van der Waals surface area contributed by atoms with E-state index in [1.165, 1.54) is 0 Å². The molecule has 4 rings (SSSR count). The maximum absolute atomic E-state index is 11.6. The highest BCUT2D eigenvalue weighted by molar-refractivity contribution is 5.97. The minimum absolute atomic E-state index is 0.128. The summed E-state index contributed by atoms with van der Waals surface area (Å²) in [4.78, 5) is 13.5. The second-order valence-corrected chi connectivity index (χ2v) is 6.78. The number of hydrogen-bond acceptors (Lipinski definition) is 3. The number of nitrogens with zero attached hydrogens (tertiary/aromatic N) is 2. The first kappa shape index (κ1) is 16.4. The number of likely N-dealkylation sites (tertiary alicyclic amines) is 1. The first-order chi connectivity index (χ1) is 12.7. The van der Waals surface area contributed by atoms with E-state index >= 15 is 0 Å². The van der Waals surface area contributed by atoms with Crippen molar-refractivity contribution in [2.24, 2.45) is 0 Å². The predicted octanol–water partition coefficient (Wildman–Crippen LogP) is 4.70. The third-order valence-corrected chi connectivity index (χ3v) is 5.25. The van der Waals surface area contributed by atoms with Crippen molar-refractivity contribution in [1.29, 1.82) is 5.26 Å². The fraction of sp³-hybridized carbons (Fsp3) is 0.273. The minimum Gasteiger partial charge on any atom is -0.460 e. The SMILES string of the molecule is CC(=O)N1CCC(c2oc3ccccc3c2-c2ccccc2C#N)CC1. The summed E-state index contributed by atoms with van der Waals surface area (Å²) in [5.74, 6) is 1.32. The summed E-state index contributed by atoms with van der Waals surface area (Å²) in [6, 6.07) is 18.0. The van der Waals surface area contributed by atoms with Crippen LogP contribution in [0.25, 0.3) is 22.1 Å². The molecule has 0 saturated carbocycles. The summed E-state index contributed by atoms with van der Waals surface area (Å²) in [6.45, 7) is 3.11. The molecule has 0 radical (unpaired) electrons. The highest BCUT2D eigenvalue weighted by Crippen LogP contribution is 2.42. The van der Waals surface area contributed by atoms with Gasteiger partial charge in [0.1, 0.15) is 11.3 Å². The van der Waals surface area contributed by atoms with E-state index in [1.807, 2.05) is 47.4 Å². The Morgan fingerprint density at radius 1 is 1.12 bits per heavy atom. The number of piperidine rings is 1. The Morgan fingerprint density at radius 2 is 1.81 bits per heavy atom. The van der Waals surface area contributed by atoms with Gasteiger partial charge in [0.2, 0.25) is 5.91 Å². The van der Waals surface area contributed by atoms with Crippen molar-refractivity contribution < 1.29 is 9.21 Å². The lowest BCUT2D eigenvalue weighted by Crippen LogP contribution is -2.36. The van der Waals surface area contributed by atoms with Gasteiger partial charge in [-0.3, -0.25) is 4.79 Å². The second kappa shape index (κ2) is 6.68. The van der Waals surface area contributed by atoms with E-state index < -0.39 is 0 Å². The molecular weight excluding hydrogens is 324 g/mol. The topological polar surface area (TPSA) is 57.2 Å². The Kier molecular flexibility index (Phi) is 4.22. The number of amides is 1. The van der Waals surface area contributed by atoms with Gasteiger partial charge in [-0.15, -0.1) is 0 Å². The highest BCUT2D eigenvalue weighted by atomic mass is 16.3. The van der Waals surface area contributed by atoms with Crippen molar-refractivity contribution in [3.8, 4) is 17.2 Å². The number of para-hydroxylation sites is 1. The summed E-state index contributed by atoms with van der Waals surface area (Å²) in [7, 11) is 0. The fourth-order valence-electron chi connectivity index (χ4n) is 3.88. The number of benzene rings is 2. The molecule has 26 heavy (non-hydrogen) atoms. The molecule has 0 N–H and O–H groups in total. The molecule has 1 saturated heterocycles. The molecule has 4 heteroatoms. The van der Waals surface area contributed by atoms with Crippen LogP contribution in [0.4, 0.5) is 0 Å². The smallest absolute Gasteiger partial charge is 0.219 e. The lowest BCUT2D eigenvalue weighted by atomic mass is 9.88. The first-order valence-corrected chi connectivity index (χ1v) is 8.95. The molecule has 0 spiro atoms. The molecule has 0 unspecified atom stereocenters. The van der Waals surface area contributed by atoms with Gasteiger partial charge < -0.3 is 9.32 Å². The maximum Gasteiger partial charge on any atom is 0.219 e. The number of fused-ring (bicyclic) bond motifs is 1. The Morgan fingerprint density at radius 3 is 2.54 bits per heavy atom. The number of hydrogen-bond donors (Lipinski definition) is 0. The molecule has 0 bridgehead atoms. The monoisotopic (exact) mass is 344 g/mol. The predicted molar refractivity (Wildman–Crippen MR) is 101 cm³/mol. The zero-order valence-electron chi connectivity index (χ0n) is 14.7. The van der Waals surface area contributed by atoms with Gasteiger partial charge in [-0.05, 0) is 25.0 Å². The van der Waals surface area contributed by atoms with Crippen LogP contribution in [0.1, 0.15) is 37.0 Å². The average Bonchev–Trinajstić information content (AvgIpc) is 3.07. The molecule has 1 aromatic heterocycles. The van der Waals surface area contributed by atoms with Gasteiger partial charge in [0, 0.05) is 42.4 Å². The zero-order valence-corrected chi connectivity index (χ0v) is 14.7. The van der Waals surface area contributed by atoms with Crippen molar-refractivity contribution in [1.82, 2.24) is 4.90 Å². The summed E-state index contributed by atoms with van der Waals surface area (Å²) < 4.78 is 6.28. The molecule has 4 nitrogen and oxygen atoms in total. The van der Waals surface area contributed by atoms with Crippen LogP contribution in [0.3, 0.4) is 0 Å². The van der Waals surface area contributed by atoms with Crippen molar-refractivity contribution in [2.75, 3.05) is 13.1 Å². The lowest BCUT2D eigenvalue weighted by molar-refractivity contribution is -0.129. The average molecular weight is 344 g/mol. The van der Waals surface area contributed by atoms with Gasteiger partial charge in [0.25, 0.3) is 0 Å². The minimum atomic E-state index is 0.128. The first-order valence-electron chi connectivity index (χ1n) is 8.95. The highest BCUT2D eigenvalue weighted by Gasteiger charge is 2.29. The van der Waals surface area contributed by atoms with Gasteiger partial charge in [0.05, 0.1) is 11.6 Å². The van der Waals surface area contributed by atoms with Gasteiger partial charge >= 0.3 is 0 Å². The second-order valence-electron chi connectivity index (χ2n) is 6.78. The van der Waals surface area contributed by atoms with Crippen LogP contribution in [-0.2, 0) is 4.79 Å². The van der Waals surface area contributed by atoms with E-state index in [0.29, 0.717) is 5.56 Å². The molecule has 130 valence electrons. The van der Waals surface area contributed by atoms with Crippen LogP contribution in [0.5, 0.6) is 0 Å². The number of carbonyl (C=O) groups excluding carboxylic acids is 1. The molecular formula is C22H20N2O2. The summed E-state index contributed by atoms with van der Waals surface area (Å²) >= 11 is 0. The molecule has 3 aromatic rings. The third kappa shape index (κ3) is 2.76. The number of nitriles is 1. The molecule has 2 heterocycles. The Hall–Kier alpha value is -3.06. The largest absolute Gasteiger partial charge is 0.460 e. The number of carbonyl (C=O) groups is 1. The fourth-order valence-corrected chi connectivity index (χ4v) is 3.88. The zero-order chi connectivity index (χ0) is 18.1. The van der Waals surface area contributed by atoms with E-state index in [2.05, 4.69) is 12.1 Å². The molecule has 1 fully saturated rings. The van der Waals surface area contributed by atoms with Gasteiger partial charge in [-0.2, -0.15) is 5.26 Å². The third-order valence-electron chi connectivity index (χ3n) is 5.25. The molecule has 1 amide bonds. The molecule has 0 aliphatic carbocycles. The Labute approximate surface area is 152 Å². The van der Waals surface area contributed by atoms with E-state index in [0.717, 1.165) is 53.8 Å². The van der Waals surface area contributed by atoms with Crippen molar-refractivity contribution in [3.05, 3.63) is 59.9 Å². The van der Waals surface area contributed by atoms with E-state index in [1.54, 1.807) is 6.92 Å². The standard InChI is InChI=1S/C22H20N2O2/c1-15(25)24-12-10-16(11-13-24)22-21(18-7-3-2-6-17(18)14-23)19-8-4-5-9-20(19)26-22/h2-9,16H,10-13H2,1H3. The van der Waals surface area contributed by atoms with Gasteiger partial charge in [-0.1, -0.05) is 36.4 Å². The molecule has 0 atom stereocenters. The summed E-state index contributed by atoms with van der Waals surface area (Å²) in [5, 5.41) is 10.6. The number of furan rings is 1. The summed E-state index contributed by atoms with van der Waals surface area (Å²) in [5.41, 5.74) is 3.45. The lowest BCUT2D eigenvalue weighted by Gasteiger charge is -2.30. The molecule has 2 aromatic carbocycles.